The van der Waals surface area contributed by atoms with E-state index in [9.17, 15) is 38.4 Å². The molecule has 0 radical (unpaired) electrons. The lowest BCUT2D eigenvalue weighted by Gasteiger charge is -2.49. The van der Waals surface area contributed by atoms with Crippen molar-refractivity contribution in [2.75, 3.05) is 56.6 Å². The van der Waals surface area contributed by atoms with Gasteiger partial charge in [-0.25, -0.2) is 19.6 Å². The van der Waals surface area contributed by atoms with Gasteiger partial charge in [0.1, 0.15) is 59.8 Å². The van der Waals surface area contributed by atoms with Gasteiger partial charge in [0.15, 0.2) is 21.7 Å². The summed E-state index contributed by atoms with van der Waals surface area (Å²) in [7, 11) is 2.50. The molecule has 0 bridgehead atoms. The third-order valence-electron chi connectivity index (χ3n) is 10.0. The van der Waals surface area contributed by atoms with E-state index in [1.165, 1.54) is 47.5 Å². The average molecular weight is 1040 g/mol. The summed E-state index contributed by atoms with van der Waals surface area (Å²) >= 11 is 4.97. The molecule has 2 aromatic rings. The smallest absolute Gasteiger partial charge is 0.357 e. The maximum atomic E-state index is 13.5. The SMILES string of the molecule is CO/N=C(\C(=O)N[C@@H]1C(=O)N2C(C(=O)OCOC(=O)C(C)(C)C)=C(C)CS[C@H]12)c1csc(NCNc2nc(/C(=N/OC)C(=O)N[C@@H]3C(=O)N4C(C(=O)OCOC(=O)C(C)(C)C)=C(C)CS[C@H]34)cs2)n1. The lowest BCUT2D eigenvalue weighted by molar-refractivity contribution is -0.174. The highest BCUT2D eigenvalue weighted by molar-refractivity contribution is 8.00. The van der Waals surface area contributed by atoms with Gasteiger partial charge in [-0.2, -0.15) is 0 Å². The van der Waals surface area contributed by atoms with Crippen LogP contribution >= 0.6 is 46.2 Å². The number of ether oxygens (including phenoxy) is 4. The number of oxime groups is 2. The molecule has 0 aromatic carbocycles. The van der Waals surface area contributed by atoms with Gasteiger partial charge in [0, 0.05) is 22.3 Å². The lowest BCUT2D eigenvalue weighted by Crippen LogP contribution is -2.71. The van der Waals surface area contributed by atoms with Crippen LogP contribution in [0.25, 0.3) is 0 Å². The fourth-order valence-corrected chi connectivity index (χ4v) is 10.5. The number of amides is 4. The first kappa shape index (κ1) is 52.1. The summed E-state index contributed by atoms with van der Waals surface area (Å²) in [4.78, 5) is 125. The van der Waals surface area contributed by atoms with Crippen LogP contribution in [0.2, 0.25) is 0 Å². The minimum absolute atomic E-state index is 0.0154. The number of carbonyl (C=O) groups excluding carboxylic acids is 8. The Morgan fingerprint density at radius 2 is 1.03 bits per heavy atom. The molecule has 28 heteroatoms. The van der Waals surface area contributed by atoms with E-state index in [4.69, 9.17) is 28.6 Å². The molecule has 0 saturated carbocycles. The summed E-state index contributed by atoms with van der Waals surface area (Å²) in [5, 5.41) is 21.8. The predicted octanol–water partition coefficient (Wildman–Crippen LogP) is 2.31. The number of fused-ring (bicyclic) bond motifs is 2. The number of carbonyl (C=O) groups is 8. The van der Waals surface area contributed by atoms with Gasteiger partial charge < -0.3 is 49.9 Å². The number of aromatic nitrogens is 2. The van der Waals surface area contributed by atoms with E-state index in [1.54, 1.807) is 66.2 Å². The topological polar surface area (TPSA) is 297 Å². The summed E-state index contributed by atoms with van der Waals surface area (Å²) in [6, 6.07) is -2.03. The van der Waals surface area contributed by atoms with E-state index in [0.717, 1.165) is 22.7 Å². The fraction of sp³-hybridized carbons (Fsp3) is 0.512. The molecule has 4 amide bonds. The van der Waals surface area contributed by atoms with E-state index in [0.29, 0.717) is 32.9 Å². The van der Waals surface area contributed by atoms with Crippen LogP contribution in [0.5, 0.6) is 0 Å². The Kier molecular flexibility index (Phi) is 16.3. The number of thioether (sulfide) groups is 2. The summed E-state index contributed by atoms with van der Waals surface area (Å²) in [6.45, 7) is 12.1. The van der Waals surface area contributed by atoms with E-state index in [1.807, 2.05) is 0 Å². The van der Waals surface area contributed by atoms with Gasteiger partial charge in [-0.3, -0.25) is 38.6 Å². The van der Waals surface area contributed by atoms with Crippen LogP contribution in [0.3, 0.4) is 0 Å². The minimum atomic E-state index is -1.02. The van der Waals surface area contributed by atoms with Crippen LogP contribution in [-0.4, -0.2) is 148 Å². The Morgan fingerprint density at radius 3 is 1.38 bits per heavy atom. The first-order valence-electron chi connectivity index (χ1n) is 20.8. The second-order valence-corrected chi connectivity index (χ2v) is 21.2. The zero-order valence-corrected chi connectivity index (χ0v) is 42.3. The molecule has 24 nitrogen and oxygen atoms in total. The second kappa shape index (κ2) is 21.6. The molecule has 2 fully saturated rings. The molecule has 0 spiro atoms. The van der Waals surface area contributed by atoms with Crippen molar-refractivity contribution >= 4 is 115 Å². The number of β-lactam (4-membered cyclic amide) rings is 2. The quantitative estimate of drug-likeness (QED) is 0.0548. The minimum Gasteiger partial charge on any atom is -0.427 e. The second-order valence-electron chi connectivity index (χ2n) is 17.3. The van der Waals surface area contributed by atoms with Gasteiger partial charge in [-0.15, -0.1) is 46.2 Å². The Hall–Kier alpha value is -6.26. The van der Waals surface area contributed by atoms with Crippen molar-refractivity contribution in [2.24, 2.45) is 21.1 Å². The molecule has 69 heavy (non-hydrogen) atoms. The van der Waals surface area contributed by atoms with Gasteiger partial charge in [0.05, 0.1) is 17.5 Å². The summed E-state index contributed by atoms with van der Waals surface area (Å²) < 4.78 is 20.4. The molecule has 2 aromatic heterocycles. The molecule has 2 saturated heterocycles. The van der Waals surface area contributed by atoms with Gasteiger partial charge in [0.25, 0.3) is 23.6 Å². The van der Waals surface area contributed by atoms with Crippen molar-refractivity contribution in [1.82, 2.24) is 30.4 Å². The van der Waals surface area contributed by atoms with Crippen LogP contribution < -0.4 is 21.3 Å². The van der Waals surface area contributed by atoms with Crippen LogP contribution in [-0.2, 0) is 67.0 Å². The Labute approximate surface area is 411 Å². The first-order chi connectivity index (χ1) is 32.6. The van der Waals surface area contributed by atoms with Crippen LogP contribution in [0.15, 0.2) is 43.6 Å². The van der Waals surface area contributed by atoms with Gasteiger partial charge in [-0.05, 0) is 66.5 Å². The van der Waals surface area contributed by atoms with Gasteiger partial charge >= 0.3 is 23.9 Å². The molecule has 0 aliphatic carbocycles. The van der Waals surface area contributed by atoms with E-state index >= 15 is 0 Å². The molecular formula is C41H50N10O14S4. The molecule has 4 aliphatic rings. The number of thiazole rings is 2. The van der Waals surface area contributed by atoms with Gasteiger partial charge in [-0.1, -0.05) is 10.3 Å². The van der Waals surface area contributed by atoms with Crippen molar-refractivity contribution in [2.45, 2.75) is 78.2 Å². The summed E-state index contributed by atoms with van der Waals surface area (Å²) in [5.41, 5.74) is -0.591. The van der Waals surface area contributed by atoms with Crippen LogP contribution in [0.4, 0.5) is 10.3 Å². The monoisotopic (exact) mass is 1030 g/mol. The standard InChI is InChI=1S/C41H50N10O14S4/c1-18-11-66-32-24(30(54)50(32)26(18)34(56)62-16-64-36(58)40(3,4)5)46-28(52)22(48-60-9)20-13-68-38(44-20)42-15-43-39-45-21(14-69-39)23(49-61-10)29(53)47-25-31(55)51-27(19(2)12-67-33(25)51)35(57)63-17-65-37(59)41(6,7)8/h13-14,24-25,32-33H,11-12,15-17H2,1-10H3,(H,42,44)(H,43,45)(H,46,52)(H,47,53)/b48-22-,49-23-/t24-,25-,32-,33-/m1/s1. The maximum absolute atomic E-state index is 13.5. The Morgan fingerprint density at radius 1 is 0.652 bits per heavy atom. The first-order valence-corrected chi connectivity index (χ1v) is 24.6. The highest BCUT2D eigenvalue weighted by Gasteiger charge is 2.56. The Bertz CT molecular complexity index is 2370. The predicted molar refractivity (Wildman–Crippen MR) is 252 cm³/mol. The number of anilines is 2. The molecule has 4 atom stereocenters. The van der Waals surface area contributed by atoms with Crippen LogP contribution in [0.1, 0.15) is 66.8 Å². The highest BCUT2D eigenvalue weighted by atomic mass is 32.2. The number of nitrogens with one attached hydrogen (secondary N) is 4. The lowest BCUT2D eigenvalue weighted by atomic mass is 9.97. The summed E-state index contributed by atoms with van der Waals surface area (Å²) in [5.74, 6) is -4.71. The summed E-state index contributed by atoms with van der Waals surface area (Å²) in [6.07, 6.45) is 0. The van der Waals surface area contributed by atoms with Crippen molar-refractivity contribution in [3.05, 3.63) is 44.7 Å². The maximum Gasteiger partial charge on any atom is 0.357 e. The molecule has 4 N–H and O–H groups in total. The normalized spacial score (nSPS) is 20.4. The molecule has 6 rings (SSSR count). The van der Waals surface area contributed by atoms with Crippen molar-refractivity contribution in [3.63, 3.8) is 0 Å². The highest BCUT2D eigenvalue weighted by Crippen LogP contribution is 2.42. The number of esters is 4. The van der Waals surface area contributed by atoms with E-state index in [-0.39, 0.29) is 40.9 Å². The molecule has 6 heterocycles. The van der Waals surface area contributed by atoms with Crippen molar-refractivity contribution in [3.8, 4) is 0 Å². The molecule has 4 aliphatic heterocycles. The zero-order valence-electron chi connectivity index (χ0n) is 39.0. The number of nitrogens with zero attached hydrogens (tertiary/aromatic N) is 6. The third-order valence-corrected chi connectivity index (χ3v) is 14.5. The number of hydrogen-bond donors (Lipinski definition) is 4. The zero-order chi connectivity index (χ0) is 50.5. The van der Waals surface area contributed by atoms with Gasteiger partial charge in [0.2, 0.25) is 13.6 Å². The largest absolute Gasteiger partial charge is 0.427 e. The van der Waals surface area contributed by atoms with Crippen molar-refractivity contribution in [1.29, 1.82) is 0 Å². The average Bonchev–Trinajstić information content (AvgIpc) is 3.97. The Balaban J connectivity index is 0.994. The number of rotatable bonds is 18. The third kappa shape index (κ3) is 11.6. The van der Waals surface area contributed by atoms with Crippen LogP contribution in [0, 0.1) is 10.8 Å². The van der Waals surface area contributed by atoms with Crippen molar-refractivity contribution < 1.29 is 67.0 Å². The fourth-order valence-electron chi connectivity index (χ4n) is 6.50. The molecule has 0 unspecified atom stereocenters. The molecule has 372 valence electrons. The van der Waals surface area contributed by atoms with E-state index in [2.05, 4.69) is 41.5 Å². The molecular weight excluding hydrogens is 985 g/mol. The van der Waals surface area contributed by atoms with E-state index < -0.39 is 94.8 Å². The number of hydrogen-bond acceptors (Lipinski definition) is 24.